The number of thioether (sulfide) groups is 1. The third kappa shape index (κ3) is 3.81. The highest BCUT2D eigenvalue weighted by Gasteiger charge is 2.08. The molecule has 18 heavy (non-hydrogen) atoms. The molecule has 0 aromatic carbocycles. The van der Waals surface area contributed by atoms with Crippen LogP contribution in [0.15, 0.2) is 33.9 Å². The van der Waals surface area contributed by atoms with Crippen molar-refractivity contribution in [2.75, 3.05) is 11.5 Å². The molecule has 0 unspecified atom stereocenters. The normalized spacial score (nSPS) is 11.9. The van der Waals surface area contributed by atoms with Crippen molar-refractivity contribution in [1.82, 2.24) is 9.97 Å². The van der Waals surface area contributed by atoms with Crippen LogP contribution in [-0.2, 0) is 9.05 Å². The van der Waals surface area contributed by atoms with E-state index in [0.29, 0.717) is 5.75 Å². The predicted octanol–water partition coefficient (Wildman–Crippen LogP) is 3.05. The number of fused-ring (bicyclic) bond motifs is 1. The molecule has 2 aromatic heterocycles. The summed E-state index contributed by atoms with van der Waals surface area (Å²) in [5, 5.41) is 0. The number of halogens is 2. The number of rotatable bonds is 4. The highest BCUT2D eigenvalue weighted by molar-refractivity contribution is 9.10. The fraction of sp³-hybridized carbons (Fsp3) is 0.200. The Labute approximate surface area is 122 Å². The van der Waals surface area contributed by atoms with Crippen LogP contribution in [-0.4, -0.2) is 29.9 Å². The summed E-state index contributed by atoms with van der Waals surface area (Å²) in [6, 6.07) is 3.68. The van der Waals surface area contributed by atoms with Crippen molar-refractivity contribution in [3.8, 4) is 0 Å². The van der Waals surface area contributed by atoms with Gasteiger partial charge in [0.25, 0.3) is 0 Å². The van der Waals surface area contributed by atoms with Crippen LogP contribution in [0.5, 0.6) is 0 Å². The smallest absolute Gasteiger partial charge is 0.233 e. The monoisotopic (exact) mass is 366 g/mol. The standard InChI is InChI=1S/C10H8BrClN2O2S2/c11-7-5-8-10(14-6-7)9(1-2-13-8)17-3-4-18(12,15)16/h1-2,5-6H,3-4H2. The Morgan fingerprint density at radius 2 is 2.17 bits per heavy atom. The minimum Gasteiger partial charge on any atom is -0.254 e. The second kappa shape index (κ2) is 5.73. The Balaban J connectivity index is 2.23. The van der Waals surface area contributed by atoms with Crippen LogP contribution in [0.1, 0.15) is 0 Å². The largest absolute Gasteiger partial charge is 0.254 e. The zero-order chi connectivity index (χ0) is 13.2. The van der Waals surface area contributed by atoms with Gasteiger partial charge in [0.15, 0.2) is 0 Å². The molecule has 96 valence electrons. The average Bonchev–Trinajstić information content (AvgIpc) is 2.27. The quantitative estimate of drug-likeness (QED) is 0.614. The van der Waals surface area contributed by atoms with Crippen LogP contribution in [0.2, 0.25) is 0 Å². The number of nitrogens with zero attached hydrogens (tertiary/aromatic N) is 2. The van der Waals surface area contributed by atoms with Gasteiger partial charge in [-0.15, -0.1) is 11.8 Å². The molecule has 2 aromatic rings. The molecule has 0 aliphatic rings. The summed E-state index contributed by atoms with van der Waals surface area (Å²) in [7, 11) is 1.72. The van der Waals surface area contributed by atoms with E-state index >= 15 is 0 Å². The molecule has 0 fully saturated rings. The lowest BCUT2D eigenvalue weighted by atomic mass is 10.3. The number of pyridine rings is 2. The minimum absolute atomic E-state index is 0.0699. The Morgan fingerprint density at radius 1 is 1.39 bits per heavy atom. The average molecular weight is 368 g/mol. The van der Waals surface area contributed by atoms with Gasteiger partial charge < -0.3 is 0 Å². The van der Waals surface area contributed by atoms with Gasteiger partial charge in [-0.05, 0) is 28.1 Å². The summed E-state index contributed by atoms with van der Waals surface area (Å²) < 4.78 is 22.5. The van der Waals surface area contributed by atoms with Gasteiger partial charge in [-0.25, -0.2) is 8.42 Å². The van der Waals surface area contributed by atoms with Crippen LogP contribution in [0.3, 0.4) is 0 Å². The molecule has 2 rings (SSSR count). The summed E-state index contributed by atoms with van der Waals surface area (Å²) in [5.74, 6) is 0.322. The van der Waals surface area contributed by atoms with E-state index in [1.165, 1.54) is 11.8 Å². The van der Waals surface area contributed by atoms with Crippen LogP contribution in [0.4, 0.5) is 0 Å². The van der Waals surface area contributed by atoms with E-state index in [4.69, 9.17) is 10.7 Å². The highest BCUT2D eigenvalue weighted by Crippen LogP contribution is 2.26. The second-order valence-corrected chi connectivity index (χ2v) is 8.37. The summed E-state index contributed by atoms with van der Waals surface area (Å²) in [6.07, 6.45) is 3.36. The molecule has 0 N–H and O–H groups in total. The van der Waals surface area contributed by atoms with Crippen LogP contribution in [0.25, 0.3) is 11.0 Å². The Bertz CT molecular complexity index is 679. The van der Waals surface area contributed by atoms with E-state index in [2.05, 4.69) is 25.9 Å². The zero-order valence-electron chi connectivity index (χ0n) is 9.01. The second-order valence-electron chi connectivity index (χ2n) is 3.42. The molecule has 8 heteroatoms. The first-order valence-corrected chi connectivity index (χ1v) is 9.17. The Hall–Kier alpha value is -0.370. The van der Waals surface area contributed by atoms with Crippen LogP contribution >= 0.6 is 38.4 Å². The van der Waals surface area contributed by atoms with Crippen molar-refractivity contribution in [1.29, 1.82) is 0 Å². The topological polar surface area (TPSA) is 59.9 Å². The van der Waals surface area contributed by atoms with Crippen molar-refractivity contribution in [3.05, 3.63) is 29.0 Å². The van der Waals surface area contributed by atoms with Crippen molar-refractivity contribution in [2.45, 2.75) is 4.90 Å². The number of hydrogen-bond donors (Lipinski definition) is 0. The van der Waals surface area contributed by atoms with Gasteiger partial charge >= 0.3 is 0 Å². The van der Waals surface area contributed by atoms with Gasteiger partial charge in [0.2, 0.25) is 9.05 Å². The molecule has 0 radical (unpaired) electrons. The van der Waals surface area contributed by atoms with E-state index in [1.807, 2.05) is 12.1 Å². The van der Waals surface area contributed by atoms with Gasteiger partial charge in [-0.1, -0.05) is 0 Å². The van der Waals surface area contributed by atoms with E-state index in [-0.39, 0.29) is 5.75 Å². The molecule has 2 heterocycles. The molecule has 0 aliphatic carbocycles. The molecule has 0 spiro atoms. The van der Waals surface area contributed by atoms with Gasteiger partial charge in [0.1, 0.15) is 5.52 Å². The maximum absolute atomic E-state index is 10.8. The molecule has 0 saturated heterocycles. The molecular formula is C10H8BrClN2O2S2. The fourth-order valence-electron chi connectivity index (χ4n) is 1.35. The number of aromatic nitrogens is 2. The summed E-state index contributed by atoms with van der Waals surface area (Å²) in [4.78, 5) is 9.39. The first kappa shape index (κ1) is 14.0. The first-order chi connectivity index (χ1) is 8.46. The molecule has 0 aliphatic heterocycles. The van der Waals surface area contributed by atoms with E-state index in [1.54, 1.807) is 12.4 Å². The zero-order valence-corrected chi connectivity index (χ0v) is 13.0. The molecule has 4 nitrogen and oxygen atoms in total. The highest BCUT2D eigenvalue weighted by atomic mass is 79.9. The summed E-state index contributed by atoms with van der Waals surface area (Å²) >= 11 is 4.73. The maximum Gasteiger partial charge on any atom is 0.233 e. The SMILES string of the molecule is O=S(=O)(Cl)CCSc1ccnc2cc(Br)cnc12. The molecule has 0 atom stereocenters. The Morgan fingerprint density at radius 3 is 2.89 bits per heavy atom. The molecule has 0 saturated carbocycles. The first-order valence-electron chi connectivity index (χ1n) is 4.91. The molecule has 0 bridgehead atoms. The summed E-state index contributed by atoms with van der Waals surface area (Å²) in [5.41, 5.74) is 1.53. The van der Waals surface area contributed by atoms with E-state index in [9.17, 15) is 8.42 Å². The fourth-order valence-corrected chi connectivity index (χ4v) is 4.04. The van der Waals surface area contributed by atoms with Crippen molar-refractivity contribution >= 4 is 58.5 Å². The number of hydrogen-bond acceptors (Lipinski definition) is 5. The third-order valence-corrected chi connectivity index (χ3v) is 4.99. The van der Waals surface area contributed by atoms with Crippen molar-refractivity contribution in [3.63, 3.8) is 0 Å². The van der Waals surface area contributed by atoms with Gasteiger partial charge in [-0.2, -0.15) is 0 Å². The molecule has 0 amide bonds. The van der Waals surface area contributed by atoms with E-state index in [0.717, 1.165) is 20.4 Å². The van der Waals surface area contributed by atoms with Gasteiger partial charge in [0, 0.05) is 38.2 Å². The van der Waals surface area contributed by atoms with Crippen molar-refractivity contribution < 1.29 is 8.42 Å². The maximum atomic E-state index is 10.8. The van der Waals surface area contributed by atoms with Crippen molar-refractivity contribution in [2.24, 2.45) is 0 Å². The van der Waals surface area contributed by atoms with Gasteiger partial charge in [-0.3, -0.25) is 9.97 Å². The van der Waals surface area contributed by atoms with Crippen LogP contribution < -0.4 is 0 Å². The lowest BCUT2D eigenvalue weighted by Crippen LogP contribution is -1.99. The van der Waals surface area contributed by atoms with E-state index < -0.39 is 9.05 Å². The lowest BCUT2D eigenvalue weighted by molar-refractivity contribution is 0.611. The van der Waals surface area contributed by atoms with Gasteiger partial charge in [0.05, 0.1) is 11.3 Å². The Kier molecular flexibility index (Phi) is 4.47. The van der Waals surface area contributed by atoms with Crippen LogP contribution in [0, 0.1) is 0 Å². The minimum atomic E-state index is -3.45. The predicted molar refractivity (Wildman–Crippen MR) is 77.6 cm³/mol. The molecular weight excluding hydrogens is 360 g/mol. The summed E-state index contributed by atoms with van der Waals surface area (Å²) in [6.45, 7) is 0. The lowest BCUT2D eigenvalue weighted by Gasteiger charge is -2.04. The third-order valence-electron chi connectivity index (χ3n) is 2.09.